The van der Waals surface area contributed by atoms with Crippen molar-refractivity contribution >= 4 is 27.7 Å². The van der Waals surface area contributed by atoms with E-state index in [1.54, 1.807) is 17.8 Å². The first-order chi connectivity index (χ1) is 13.2. The zero-order chi connectivity index (χ0) is 20.6. The standard InChI is InChI=1S/C17H25F3N4O2S2/c1-2-21-16(22-6-11-28(25,26)24-7-9-27-10-8-24)23-13-14-4-3-5-15(12-14)17(18,19)20/h3-5,12H,2,6-11,13H2,1H3,(H2,21,22,23). The van der Waals surface area contributed by atoms with Crippen LogP contribution in [0.5, 0.6) is 0 Å². The summed E-state index contributed by atoms with van der Waals surface area (Å²) in [7, 11) is -3.33. The highest BCUT2D eigenvalue weighted by atomic mass is 32.2. The van der Waals surface area contributed by atoms with Crippen LogP contribution in [-0.2, 0) is 22.7 Å². The van der Waals surface area contributed by atoms with E-state index in [1.165, 1.54) is 10.4 Å². The van der Waals surface area contributed by atoms with Crippen molar-refractivity contribution < 1.29 is 21.6 Å². The number of guanidine groups is 1. The van der Waals surface area contributed by atoms with Gasteiger partial charge in [-0.25, -0.2) is 17.7 Å². The van der Waals surface area contributed by atoms with Crippen LogP contribution >= 0.6 is 11.8 Å². The molecule has 2 N–H and O–H groups in total. The molecule has 1 heterocycles. The van der Waals surface area contributed by atoms with E-state index < -0.39 is 21.8 Å². The number of hydrogen-bond donors (Lipinski definition) is 2. The summed E-state index contributed by atoms with van der Waals surface area (Å²) in [6, 6.07) is 4.99. The van der Waals surface area contributed by atoms with E-state index in [9.17, 15) is 21.6 Å². The average molecular weight is 439 g/mol. The summed E-state index contributed by atoms with van der Waals surface area (Å²) in [5.41, 5.74) is -0.297. The molecule has 1 aromatic carbocycles. The number of nitrogens with zero attached hydrogens (tertiary/aromatic N) is 2. The van der Waals surface area contributed by atoms with Crippen LogP contribution in [0.25, 0.3) is 0 Å². The van der Waals surface area contributed by atoms with Gasteiger partial charge in [0.25, 0.3) is 0 Å². The van der Waals surface area contributed by atoms with Gasteiger partial charge in [-0.1, -0.05) is 12.1 Å². The molecule has 11 heteroatoms. The molecule has 6 nitrogen and oxygen atoms in total. The molecule has 1 saturated heterocycles. The van der Waals surface area contributed by atoms with E-state index in [4.69, 9.17) is 0 Å². The Balaban J connectivity index is 1.93. The molecule has 0 spiro atoms. The molecule has 1 aliphatic heterocycles. The third-order valence-electron chi connectivity index (χ3n) is 4.03. The fourth-order valence-corrected chi connectivity index (χ4v) is 5.10. The van der Waals surface area contributed by atoms with E-state index in [-0.39, 0.29) is 18.8 Å². The highest BCUT2D eigenvalue weighted by molar-refractivity contribution is 7.99. The largest absolute Gasteiger partial charge is 0.416 e. The molecule has 1 aromatic rings. The van der Waals surface area contributed by atoms with Crippen LogP contribution in [0.1, 0.15) is 18.1 Å². The summed E-state index contributed by atoms with van der Waals surface area (Å²) in [4.78, 5) is 4.25. The number of alkyl halides is 3. The summed E-state index contributed by atoms with van der Waals surface area (Å²) in [5.74, 6) is 1.90. The fraction of sp³-hybridized carbons (Fsp3) is 0.588. The van der Waals surface area contributed by atoms with Crippen LogP contribution in [-0.4, -0.2) is 62.1 Å². The van der Waals surface area contributed by atoms with Crippen LogP contribution in [0.15, 0.2) is 29.3 Å². The Hall–Kier alpha value is -1.46. The van der Waals surface area contributed by atoms with Gasteiger partial charge in [-0.3, -0.25) is 0 Å². The second-order valence-corrected chi connectivity index (χ2v) is 9.46. The smallest absolute Gasteiger partial charge is 0.357 e. The number of nitrogens with one attached hydrogen (secondary N) is 2. The van der Waals surface area contributed by atoms with Crippen molar-refractivity contribution in [3.63, 3.8) is 0 Å². The van der Waals surface area contributed by atoms with Gasteiger partial charge in [-0.15, -0.1) is 0 Å². The first-order valence-corrected chi connectivity index (χ1v) is 11.7. The number of benzene rings is 1. The second-order valence-electron chi connectivity index (χ2n) is 6.15. The van der Waals surface area contributed by atoms with Crippen LogP contribution in [0, 0.1) is 0 Å². The lowest BCUT2D eigenvalue weighted by Gasteiger charge is -2.25. The van der Waals surface area contributed by atoms with Gasteiger partial charge in [0, 0.05) is 37.7 Å². The molecule has 0 bridgehead atoms. The predicted molar refractivity (Wildman–Crippen MR) is 107 cm³/mol. The number of halogens is 3. The summed E-state index contributed by atoms with van der Waals surface area (Å²) in [6.07, 6.45) is -4.40. The van der Waals surface area contributed by atoms with Crippen molar-refractivity contribution in [3.8, 4) is 0 Å². The summed E-state index contributed by atoms with van der Waals surface area (Å²) in [5, 5.41) is 5.91. The molecule has 158 valence electrons. The third kappa shape index (κ3) is 7.17. The van der Waals surface area contributed by atoms with E-state index in [1.807, 2.05) is 6.92 Å². The van der Waals surface area contributed by atoms with Crippen molar-refractivity contribution in [2.45, 2.75) is 19.6 Å². The molecule has 2 rings (SSSR count). The lowest BCUT2D eigenvalue weighted by molar-refractivity contribution is -0.137. The van der Waals surface area contributed by atoms with Crippen LogP contribution < -0.4 is 10.6 Å². The van der Waals surface area contributed by atoms with Crippen LogP contribution in [0.3, 0.4) is 0 Å². The van der Waals surface area contributed by atoms with Gasteiger partial charge < -0.3 is 10.6 Å². The summed E-state index contributed by atoms with van der Waals surface area (Å²) >= 11 is 1.74. The van der Waals surface area contributed by atoms with Gasteiger partial charge in [0.05, 0.1) is 17.9 Å². The molecule has 0 amide bonds. The fourth-order valence-electron chi connectivity index (χ4n) is 2.61. The lowest BCUT2D eigenvalue weighted by atomic mass is 10.1. The maximum Gasteiger partial charge on any atom is 0.416 e. The first kappa shape index (κ1) is 22.8. The van der Waals surface area contributed by atoms with Gasteiger partial charge in [0.1, 0.15) is 0 Å². The second kappa shape index (κ2) is 10.4. The number of sulfonamides is 1. The zero-order valence-electron chi connectivity index (χ0n) is 15.6. The van der Waals surface area contributed by atoms with Gasteiger partial charge in [-0.2, -0.15) is 24.9 Å². The maximum atomic E-state index is 12.8. The van der Waals surface area contributed by atoms with Crippen molar-refractivity contribution in [2.75, 3.05) is 43.4 Å². The Labute approximate surface area is 168 Å². The SMILES string of the molecule is CCNC(=NCc1cccc(C(F)(F)F)c1)NCCS(=O)(=O)N1CCSCC1. The third-order valence-corrected chi connectivity index (χ3v) is 6.85. The molecule has 0 aliphatic carbocycles. The molecule has 0 unspecified atom stereocenters. The average Bonchev–Trinajstić information content (AvgIpc) is 2.66. The topological polar surface area (TPSA) is 73.8 Å². The van der Waals surface area contributed by atoms with E-state index in [2.05, 4.69) is 15.6 Å². The van der Waals surface area contributed by atoms with Crippen molar-refractivity contribution in [3.05, 3.63) is 35.4 Å². The Morgan fingerprint density at radius 2 is 1.96 bits per heavy atom. The lowest BCUT2D eigenvalue weighted by Crippen LogP contribution is -2.44. The van der Waals surface area contributed by atoms with Crippen LogP contribution in [0.4, 0.5) is 13.2 Å². The van der Waals surface area contributed by atoms with Gasteiger partial charge in [0.15, 0.2) is 5.96 Å². The summed E-state index contributed by atoms with van der Waals surface area (Å²) < 4.78 is 64.6. The zero-order valence-corrected chi connectivity index (χ0v) is 17.3. The molecule has 1 aliphatic rings. The van der Waals surface area contributed by atoms with Gasteiger partial charge in [-0.05, 0) is 24.6 Å². The van der Waals surface area contributed by atoms with E-state index >= 15 is 0 Å². The monoisotopic (exact) mass is 438 g/mol. The molecular weight excluding hydrogens is 413 g/mol. The highest BCUT2D eigenvalue weighted by Crippen LogP contribution is 2.29. The minimum Gasteiger partial charge on any atom is -0.357 e. The van der Waals surface area contributed by atoms with Gasteiger partial charge >= 0.3 is 6.18 Å². The Bertz CT molecular complexity index is 764. The molecule has 0 aromatic heterocycles. The molecular formula is C17H25F3N4O2S2. The van der Waals surface area contributed by atoms with Crippen molar-refractivity contribution in [1.29, 1.82) is 0 Å². The van der Waals surface area contributed by atoms with E-state index in [0.29, 0.717) is 31.2 Å². The van der Waals surface area contributed by atoms with Gasteiger partial charge in [0.2, 0.25) is 10.0 Å². The quantitative estimate of drug-likeness (QED) is 0.504. The molecule has 0 radical (unpaired) electrons. The predicted octanol–water partition coefficient (Wildman–Crippen LogP) is 2.14. The Morgan fingerprint density at radius 1 is 1.25 bits per heavy atom. The maximum absolute atomic E-state index is 12.8. The Morgan fingerprint density at radius 3 is 2.61 bits per heavy atom. The minimum absolute atomic E-state index is 0.0509. The number of thioether (sulfide) groups is 1. The molecule has 0 saturated carbocycles. The highest BCUT2D eigenvalue weighted by Gasteiger charge is 2.30. The van der Waals surface area contributed by atoms with Crippen LogP contribution in [0.2, 0.25) is 0 Å². The minimum atomic E-state index is -4.40. The number of aliphatic imine (C=N–C) groups is 1. The number of hydrogen-bond acceptors (Lipinski definition) is 4. The molecule has 1 fully saturated rings. The normalized spacial score (nSPS) is 16.8. The van der Waals surface area contributed by atoms with Crippen molar-refractivity contribution in [1.82, 2.24) is 14.9 Å². The van der Waals surface area contributed by atoms with Crippen molar-refractivity contribution in [2.24, 2.45) is 4.99 Å². The number of rotatable bonds is 7. The Kier molecular flexibility index (Phi) is 8.44. The van der Waals surface area contributed by atoms with E-state index in [0.717, 1.165) is 23.6 Å². The first-order valence-electron chi connectivity index (χ1n) is 8.96. The molecule has 28 heavy (non-hydrogen) atoms. The molecule has 0 atom stereocenters. The summed E-state index contributed by atoms with van der Waals surface area (Å²) in [6.45, 7) is 3.66.